The van der Waals surface area contributed by atoms with Crippen LogP contribution in [0.5, 0.6) is 5.75 Å². The lowest BCUT2D eigenvalue weighted by atomic mass is 9.98. The minimum atomic E-state index is -0.114. The van der Waals surface area contributed by atoms with Gasteiger partial charge in [-0.1, -0.05) is 36.8 Å². The van der Waals surface area contributed by atoms with E-state index in [1.165, 1.54) is 24.1 Å². The Morgan fingerprint density at radius 3 is 2.37 bits per heavy atom. The van der Waals surface area contributed by atoms with E-state index in [2.05, 4.69) is 41.4 Å². The molecule has 1 aliphatic rings. The topological polar surface area (TPSA) is 41.6 Å². The maximum Gasteiger partial charge on any atom is 0.258 e. The molecule has 0 aliphatic carbocycles. The molecule has 1 N–H and O–H groups in total. The summed E-state index contributed by atoms with van der Waals surface area (Å²) >= 11 is 0. The van der Waals surface area contributed by atoms with Gasteiger partial charge in [0.05, 0.1) is 6.04 Å². The molecule has 27 heavy (non-hydrogen) atoms. The number of nitrogens with one attached hydrogen (secondary N) is 1. The molecule has 0 radical (unpaired) electrons. The second kappa shape index (κ2) is 8.94. The first-order valence-electron chi connectivity index (χ1n) is 9.85. The van der Waals surface area contributed by atoms with Gasteiger partial charge in [0.25, 0.3) is 5.91 Å². The van der Waals surface area contributed by atoms with Crippen molar-refractivity contribution >= 4 is 11.6 Å². The number of benzene rings is 2. The maximum atomic E-state index is 12.2. The first-order chi connectivity index (χ1) is 13.0. The quantitative estimate of drug-likeness (QED) is 0.819. The molecular weight excluding hydrogens is 336 g/mol. The third kappa shape index (κ3) is 5.49. The predicted octanol–water partition coefficient (Wildman–Crippen LogP) is 4.49. The zero-order valence-corrected chi connectivity index (χ0v) is 16.6. The van der Waals surface area contributed by atoms with Crippen LogP contribution in [0.25, 0.3) is 0 Å². The van der Waals surface area contributed by atoms with Crippen LogP contribution in [0, 0.1) is 12.8 Å². The molecule has 1 fully saturated rings. The van der Waals surface area contributed by atoms with E-state index in [4.69, 9.17) is 4.74 Å². The molecule has 2 aromatic rings. The molecule has 0 spiro atoms. The van der Waals surface area contributed by atoms with Gasteiger partial charge in [-0.25, -0.2) is 0 Å². The highest BCUT2D eigenvalue weighted by atomic mass is 16.5. The van der Waals surface area contributed by atoms with Crippen LogP contribution >= 0.6 is 0 Å². The summed E-state index contributed by atoms with van der Waals surface area (Å²) in [5, 5.41) is 3.01. The Morgan fingerprint density at radius 1 is 1.11 bits per heavy atom. The van der Waals surface area contributed by atoms with Crippen molar-refractivity contribution in [1.29, 1.82) is 0 Å². The van der Waals surface area contributed by atoms with Gasteiger partial charge in [0, 0.05) is 18.8 Å². The number of carbonyl (C=O) groups is 1. The zero-order chi connectivity index (χ0) is 19.2. The van der Waals surface area contributed by atoms with Gasteiger partial charge < -0.3 is 15.0 Å². The fourth-order valence-corrected chi connectivity index (χ4v) is 3.39. The van der Waals surface area contributed by atoms with Gasteiger partial charge in [0.2, 0.25) is 0 Å². The lowest BCUT2D eigenvalue weighted by molar-refractivity contribution is -0.123. The number of amides is 1. The van der Waals surface area contributed by atoms with Gasteiger partial charge >= 0.3 is 0 Å². The van der Waals surface area contributed by atoms with E-state index < -0.39 is 0 Å². The fourth-order valence-electron chi connectivity index (χ4n) is 3.39. The summed E-state index contributed by atoms with van der Waals surface area (Å²) in [6.07, 6.45) is 2.52. The Balaban J connectivity index is 1.49. The molecule has 1 heterocycles. The van der Waals surface area contributed by atoms with Crippen LogP contribution in [-0.2, 0) is 4.79 Å². The van der Waals surface area contributed by atoms with E-state index in [9.17, 15) is 4.79 Å². The summed E-state index contributed by atoms with van der Waals surface area (Å²) in [5.74, 6) is 1.43. The number of aryl methyl sites for hydroxylation is 1. The van der Waals surface area contributed by atoms with Crippen molar-refractivity contribution < 1.29 is 9.53 Å². The number of piperidine rings is 1. The first kappa shape index (κ1) is 19.3. The number of ether oxygens (including phenoxy) is 1. The molecule has 1 amide bonds. The molecule has 4 heteroatoms. The van der Waals surface area contributed by atoms with Crippen molar-refractivity contribution in [2.24, 2.45) is 5.92 Å². The summed E-state index contributed by atoms with van der Waals surface area (Å²) in [5.41, 5.74) is 3.54. The number of hydrogen-bond acceptors (Lipinski definition) is 3. The molecule has 4 nitrogen and oxygen atoms in total. The van der Waals surface area contributed by atoms with Crippen LogP contribution in [0.4, 0.5) is 5.69 Å². The zero-order valence-electron chi connectivity index (χ0n) is 16.6. The molecule has 144 valence electrons. The van der Waals surface area contributed by atoms with Crippen LogP contribution < -0.4 is 15.0 Å². The highest BCUT2D eigenvalue weighted by molar-refractivity contribution is 5.78. The minimum Gasteiger partial charge on any atom is -0.484 e. The van der Waals surface area contributed by atoms with E-state index in [0.717, 1.165) is 24.6 Å². The van der Waals surface area contributed by atoms with E-state index in [-0.39, 0.29) is 18.6 Å². The molecular formula is C23H30N2O2. The minimum absolute atomic E-state index is 0.0252. The average Bonchev–Trinajstić information content (AvgIpc) is 2.68. The van der Waals surface area contributed by atoms with E-state index >= 15 is 0 Å². The Labute approximate surface area is 162 Å². The molecule has 1 saturated heterocycles. The van der Waals surface area contributed by atoms with Crippen LogP contribution in [-0.4, -0.2) is 25.6 Å². The van der Waals surface area contributed by atoms with Crippen molar-refractivity contribution in [2.45, 2.75) is 39.7 Å². The standard InChI is InChI=1S/C23H30N2O2/c1-17-4-10-22(11-5-17)27-16-23(26)24-19(3)20-6-8-21(9-7-20)25-14-12-18(2)13-15-25/h4-11,18-19H,12-16H2,1-3H3,(H,24,26). The lowest BCUT2D eigenvalue weighted by Crippen LogP contribution is -2.33. The van der Waals surface area contributed by atoms with Crippen molar-refractivity contribution in [3.05, 3.63) is 59.7 Å². The van der Waals surface area contributed by atoms with E-state index in [1.54, 1.807) is 0 Å². The highest BCUT2D eigenvalue weighted by Gasteiger charge is 2.16. The molecule has 0 saturated carbocycles. The molecule has 0 bridgehead atoms. The SMILES string of the molecule is Cc1ccc(OCC(=O)NC(C)c2ccc(N3CCC(C)CC3)cc2)cc1. The van der Waals surface area contributed by atoms with Crippen molar-refractivity contribution in [2.75, 3.05) is 24.6 Å². The summed E-state index contributed by atoms with van der Waals surface area (Å²) in [6, 6.07) is 16.2. The number of rotatable bonds is 6. The Hall–Kier alpha value is -2.49. The maximum absolute atomic E-state index is 12.2. The van der Waals surface area contributed by atoms with Gasteiger partial charge in [-0.05, 0) is 62.4 Å². The fraction of sp³-hybridized carbons (Fsp3) is 0.435. The molecule has 1 unspecified atom stereocenters. The van der Waals surface area contributed by atoms with Crippen LogP contribution in [0.15, 0.2) is 48.5 Å². The van der Waals surface area contributed by atoms with Crippen LogP contribution in [0.2, 0.25) is 0 Å². The van der Waals surface area contributed by atoms with Crippen molar-refractivity contribution in [1.82, 2.24) is 5.32 Å². The Morgan fingerprint density at radius 2 is 1.74 bits per heavy atom. The van der Waals surface area contributed by atoms with Gasteiger partial charge in [-0.15, -0.1) is 0 Å². The second-order valence-electron chi connectivity index (χ2n) is 7.65. The van der Waals surface area contributed by atoms with Gasteiger partial charge in [0.15, 0.2) is 6.61 Å². The van der Waals surface area contributed by atoms with Gasteiger partial charge in [-0.3, -0.25) is 4.79 Å². The molecule has 2 aromatic carbocycles. The monoisotopic (exact) mass is 366 g/mol. The smallest absolute Gasteiger partial charge is 0.258 e. The second-order valence-corrected chi connectivity index (χ2v) is 7.65. The number of hydrogen-bond donors (Lipinski definition) is 1. The summed E-state index contributed by atoms with van der Waals surface area (Å²) < 4.78 is 5.55. The largest absolute Gasteiger partial charge is 0.484 e. The summed E-state index contributed by atoms with van der Waals surface area (Å²) in [7, 11) is 0. The van der Waals surface area contributed by atoms with E-state index in [0.29, 0.717) is 5.75 Å². The first-order valence-corrected chi connectivity index (χ1v) is 9.85. The molecule has 1 atom stereocenters. The average molecular weight is 367 g/mol. The number of carbonyl (C=O) groups excluding carboxylic acids is 1. The lowest BCUT2D eigenvalue weighted by Gasteiger charge is -2.32. The number of nitrogens with zero attached hydrogens (tertiary/aromatic N) is 1. The highest BCUT2D eigenvalue weighted by Crippen LogP contribution is 2.24. The molecule has 0 aromatic heterocycles. The Kier molecular flexibility index (Phi) is 6.38. The number of anilines is 1. The van der Waals surface area contributed by atoms with Crippen molar-refractivity contribution in [3.63, 3.8) is 0 Å². The van der Waals surface area contributed by atoms with Crippen LogP contribution in [0.1, 0.15) is 43.9 Å². The van der Waals surface area contributed by atoms with Gasteiger partial charge in [-0.2, -0.15) is 0 Å². The van der Waals surface area contributed by atoms with Crippen molar-refractivity contribution in [3.8, 4) is 5.75 Å². The third-order valence-corrected chi connectivity index (χ3v) is 5.31. The predicted molar refractivity (Wildman–Crippen MR) is 110 cm³/mol. The Bertz CT molecular complexity index is 732. The van der Waals surface area contributed by atoms with Crippen LogP contribution in [0.3, 0.4) is 0 Å². The van der Waals surface area contributed by atoms with Gasteiger partial charge in [0.1, 0.15) is 5.75 Å². The molecule has 3 rings (SSSR count). The summed E-state index contributed by atoms with van der Waals surface area (Å²) in [4.78, 5) is 14.6. The third-order valence-electron chi connectivity index (χ3n) is 5.31. The molecule has 1 aliphatic heterocycles. The van der Waals surface area contributed by atoms with E-state index in [1.807, 2.05) is 38.1 Å². The summed E-state index contributed by atoms with van der Waals surface area (Å²) in [6.45, 7) is 8.63. The normalized spacial score (nSPS) is 16.0.